The van der Waals surface area contributed by atoms with E-state index in [9.17, 15) is 29.4 Å². The number of nitrogens with one attached hydrogen (secondary N) is 4. The molecular formula is C25H37N5O6. The number of amides is 3. The van der Waals surface area contributed by atoms with Crippen LogP contribution < -0.4 is 21.7 Å². The summed E-state index contributed by atoms with van der Waals surface area (Å²) >= 11 is 0. The Morgan fingerprint density at radius 1 is 0.972 bits per heavy atom. The van der Waals surface area contributed by atoms with E-state index in [1.165, 1.54) is 0 Å². The molecule has 5 atom stereocenters. The molecule has 11 nitrogen and oxygen atoms in total. The van der Waals surface area contributed by atoms with Gasteiger partial charge in [-0.15, -0.1) is 0 Å². The molecule has 0 aliphatic carbocycles. The van der Waals surface area contributed by atoms with Crippen LogP contribution in [0.15, 0.2) is 30.5 Å². The largest absolute Gasteiger partial charge is 0.480 e. The SMILES string of the molecule is CCC(C)C(NC(=O)C(CO)NC(=O)C(N)C(C)C)C(=O)NC(Cc1c[nH]c2ccccc12)C(=O)O. The molecule has 0 radical (unpaired) electrons. The molecule has 0 fully saturated rings. The van der Waals surface area contributed by atoms with Gasteiger partial charge in [0.15, 0.2) is 0 Å². The molecule has 3 amide bonds. The Kier molecular flexibility index (Phi) is 10.4. The number of hydrogen-bond acceptors (Lipinski definition) is 6. The molecule has 0 aliphatic rings. The Morgan fingerprint density at radius 2 is 1.61 bits per heavy atom. The predicted octanol–water partition coefficient (Wildman–Crippen LogP) is 0.271. The molecule has 1 aromatic carbocycles. The van der Waals surface area contributed by atoms with Gasteiger partial charge in [0.1, 0.15) is 18.1 Å². The second-order valence-corrected chi connectivity index (χ2v) is 9.35. The lowest BCUT2D eigenvalue weighted by Gasteiger charge is -2.27. The number of carboxylic acid groups (broad SMARTS) is 1. The van der Waals surface area contributed by atoms with Crippen molar-refractivity contribution < 1.29 is 29.4 Å². The summed E-state index contributed by atoms with van der Waals surface area (Å²) in [6, 6.07) is 2.91. The zero-order chi connectivity index (χ0) is 27.0. The summed E-state index contributed by atoms with van der Waals surface area (Å²) in [5, 5.41) is 27.8. The van der Waals surface area contributed by atoms with E-state index in [4.69, 9.17) is 5.73 Å². The molecule has 8 N–H and O–H groups in total. The summed E-state index contributed by atoms with van der Waals surface area (Å²) in [6.45, 7) is 6.36. The van der Waals surface area contributed by atoms with Crippen LogP contribution >= 0.6 is 0 Å². The summed E-state index contributed by atoms with van der Waals surface area (Å²) in [6.07, 6.45) is 2.25. The number of hydrogen-bond donors (Lipinski definition) is 7. The second kappa shape index (κ2) is 13.0. The van der Waals surface area contributed by atoms with Crippen LogP contribution in [0.25, 0.3) is 10.9 Å². The van der Waals surface area contributed by atoms with E-state index in [0.717, 1.165) is 16.5 Å². The van der Waals surface area contributed by atoms with E-state index in [1.807, 2.05) is 31.2 Å². The van der Waals surface area contributed by atoms with Crippen LogP contribution in [0.1, 0.15) is 39.7 Å². The third kappa shape index (κ3) is 7.28. The average Bonchev–Trinajstić information content (AvgIpc) is 3.26. The monoisotopic (exact) mass is 503 g/mol. The topological polar surface area (TPSA) is 187 Å². The van der Waals surface area contributed by atoms with E-state index in [0.29, 0.717) is 6.42 Å². The second-order valence-electron chi connectivity index (χ2n) is 9.35. The number of aliphatic hydroxyl groups is 1. The highest BCUT2D eigenvalue weighted by molar-refractivity contribution is 5.94. The van der Waals surface area contributed by atoms with Gasteiger partial charge in [-0.25, -0.2) is 4.79 Å². The minimum Gasteiger partial charge on any atom is -0.480 e. The van der Waals surface area contributed by atoms with Gasteiger partial charge in [-0.1, -0.05) is 52.3 Å². The number of carboxylic acids is 1. The van der Waals surface area contributed by atoms with Crippen LogP contribution in [0.3, 0.4) is 0 Å². The smallest absolute Gasteiger partial charge is 0.326 e. The summed E-state index contributed by atoms with van der Waals surface area (Å²) in [7, 11) is 0. The van der Waals surface area contributed by atoms with Gasteiger partial charge in [-0.3, -0.25) is 14.4 Å². The number of aromatic nitrogens is 1. The van der Waals surface area contributed by atoms with Gasteiger partial charge in [0.05, 0.1) is 12.6 Å². The van der Waals surface area contributed by atoms with Gasteiger partial charge < -0.3 is 36.9 Å². The molecule has 36 heavy (non-hydrogen) atoms. The number of para-hydroxylation sites is 1. The zero-order valence-corrected chi connectivity index (χ0v) is 21.1. The Morgan fingerprint density at radius 3 is 2.19 bits per heavy atom. The first-order valence-corrected chi connectivity index (χ1v) is 12.0. The maximum Gasteiger partial charge on any atom is 0.326 e. The number of aliphatic carboxylic acids is 1. The molecule has 0 spiro atoms. The predicted molar refractivity (Wildman–Crippen MR) is 135 cm³/mol. The van der Waals surface area contributed by atoms with Crippen molar-refractivity contribution in [2.24, 2.45) is 17.6 Å². The quantitative estimate of drug-likeness (QED) is 0.204. The van der Waals surface area contributed by atoms with E-state index >= 15 is 0 Å². The maximum atomic E-state index is 13.1. The minimum absolute atomic E-state index is 0.0364. The van der Waals surface area contributed by atoms with Gasteiger partial charge in [-0.2, -0.15) is 0 Å². The van der Waals surface area contributed by atoms with Crippen molar-refractivity contribution in [1.29, 1.82) is 0 Å². The Labute approximate surface area is 210 Å². The third-order valence-corrected chi connectivity index (χ3v) is 6.34. The van der Waals surface area contributed by atoms with Gasteiger partial charge in [0, 0.05) is 23.5 Å². The molecule has 1 aromatic heterocycles. The first-order chi connectivity index (χ1) is 17.0. The number of aliphatic hydroxyl groups excluding tert-OH is 1. The number of aromatic amines is 1. The van der Waals surface area contributed by atoms with Gasteiger partial charge in [-0.05, 0) is 23.5 Å². The fraction of sp³-hybridized carbons (Fsp3) is 0.520. The maximum absolute atomic E-state index is 13.1. The van der Waals surface area contributed by atoms with Crippen molar-refractivity contribution in [2.45, 2.75) is 64.7 Å². The normalized spacial score (nSPS) is 15.5. The van der Waals surface area contributed by atoms with Crippen LogP contribution in [0.4, 0.5) is 0 Å². The summed E-state index contributed by atoms with van der Waals surface area (Å²) in [5.74, 6) is -3.81. The molecule has 0 bridgehead atoms. The van der Waals surface area contributed by atoms with Crippen molar-refractivity contribution >= 4 is 34.6 Å². The standard InChI is InChI=1S/C25H37N5O6/c1-5-14(4)21(30-22(32)19(12-31)29-23(33)20(26)13(2)3)24(34)28-18(25(35)36)10-15-11-27-17-9-7-6-8-16(15)17/h6-9,11,13-14,18-21,27,31H,5,10,12,26H2,1-4H3,(H,28,34)(H,29,33)(H,30,32)(H,35,36). The van der Waals surface area contributed by atoms with Crippen molar-refractivity contribution in [3.8, 4) is 0 Å². The van der Waals surface area contributed by atoms with Crippen molar-refractivity contribution in [3.05, 3.63) is 36.0 Å². The molecule has 5 unspecified atom stereocenters. The lowest BCUT2D eigenvalue weighted by molar-refractivity contribution is -0.142. The Balaban J connectivity index is 2.15. The highest BCUT2D eigenvalue weighted by Crippen LogP contribution is 2.19. The van der Waals surface area contributed by atoms with Crippen molar-refractivity contribution in [1.82, 2.24) is 20.9 Å². The molecule has 2 rings (SSSR count). The molecule has 198 valence electrons. The van der Waals surface area contributed by atoms with Crippen LogP contribution in [-0.4, -0.2) is 69.7 Å². The number of H-pyrrole nitrogens is 1. The summed E-state index contributed by atoms with van der Waals surface area (Å²) < 4.78 is 0. The highest BCUT2D eigenvalue weighted by atomic mass is 16.4. The number of nitrogens with two attached hydrogens (primary N) is 1. The van der Waals surface area contributed by atoms with Crippen LogP contribution in [0.2, 0.25) is 0 Å². The minimum atomic E-state index is -1.32. The number of benzene rings is 1. The number of fused-ring (bicyclic) bond motifs is 1. The molecular weight excluding hydrogens is 466 g/mol. The van der Waals surface area contributed by atoms with E-state index in [2.05, 4.69) is 20.9 Å². The summed E-state index contributed by atoms with van der Waals surface area (Å²) in [5.41, 5.74) is 7.39. The molecule has 0 saturated carbocycles. The highest BCUT2D eigenvalue weighted by Gasteiger charge is 2.33. The molecule has 11 heteroatoms. The van der Waals surface area contributed by atoms with E-state index in [1.54, 1.807) is 27.0 Å². The van der Waals surface area contributed by atoms with Crippen molar-refractivity contribution in [2.75, 3.05) is 6.61 Å². The molecule has 1 heterocycles. The molecule has 0 aliphatic heterocycles. The van der Waals surface area contributed by atoms with E-state index < -0.39 is 54.5 Å². The lowest BCUT2D eigenvalue weighted by Crippen LogP contribution is -2.60. The van der Waals surface area contributed by atoms with Gasteiger partial charge in [0.25, 0.3) is 0 Å². The van der Waals surface area contributed by atoms with Crippen LogP contribution in [0, 0.1) is 11.8 Å². The zero-order valence-electron chi connectivity index (χ0n) is 21.1. The lowest BCUT2D eigenvalue weighted by atomic mass is 9.96. The Hall–Kier alpha value is -3.44. The Bertz CT molecular complexity index is 1070. The fourth-order valence-electron chi connectivity index (χ4n) is 3.70. The van der Waals surface area contributed by atoms with Crippen LogP contribution in [0.5, 0.6) is 0 Å². The first-order valence-electron chi connectivity index (χ1n) is 12.0. The van der Waals surface area contributed by atoms with Crippen molar-refractivity contribution in [3.63, 3.8) is 0 Å². The fourth-order valence-corrected chi connectivity index (χ4v) is 3.70. The molecule has 0 saturated heterocycles. The van der Waals surface area contributed by atoms with Gasteiger partial charge >= 0.3 is 5.97 Å². The molecule has 2 aromatic rings. The number of carbonyl (C=O) groups excluding carboxylic acids is 3. The summed E-state index contributed by atoms with van der Waals surface area (Å²) in [4.78, 5) is 53.3. The van der Waals surface area contributed by atoms with Gasteiger partial charge in [0.2, 0.25) is 17.7 Å². The van der Waals surface area contributed by atoms with Crippen LogP contribution in [-0.2, 0) is 25.6 Å². The van der Waals surface area contributed by atoms with E-state index in [-0.39, 0.29) is 18.3 Å². The average molecular weight is 504 g/mol. The third-order valence-electron chi connectivity index (χ3n) is 6.34. The first kappa shape index (κ1) is 28.8. The number of carbonyl (C=O) groups is 4. The number of rotatable bonds is 13.